The molecule has 4 heteroatoms. The number of aliphatic hydroxyl groups excluding tert-OH is 1. The third kappa shape index (κ3) is 4.62. The number of nitrogens with one attached hydrogen (secondary N) is 1. The van der Waals surface area contributed by atoms with Gasteiger partial charge >= 0.3 is 0 Å². The normalized spacial score (nSPS) is 27.0. The number of aliphatic hydroxyl groups is 1. The number of amides is 1. The number of hydrogen-bond acceptors (Lipinski definition) is 3. The maximum atomic E-state index is 12.7. The van der Waals surface area contributed by atoms with E-state index in [1.165, 1.54) is 6.42 Å². The summed E-state index contributed by atoms with van der Waals surface area (Å²) in [6.45, 7) is 4.04. The molecule has 1 aromatic rings. The van der Waals surface area contributed by atoms with Crippen molar-refractivity contribution in [3.8, 4) is 0 Å². The third-order valence-corrected chi connectivity index (χ3v) is 5.97. The van der Waals surface area contributed by atoms with Crippen molar-refractivity contribution in [2.24, 2.45) is 0 Å². The van der Waals surface area contributed by atoms with Crippen LogP contribution in [0.25, 0.3) is 0 Å². The van der Waals surface area contributed by atoms with Crippen molar-refractivity contribution in [1.82, 2.24) is 10.2 Å². The van der Waals surface area contributed by atoms with Crippen LogP contribution in [0.4, 0.5) is 0 Å². The molecule has 4 nitrogen and oxygen atoms in total. The molecule has 138 valence electrons. The molecule has 25 heavy (non-hydrogen) atoms. The van der Waals surface area contributed by atoms with Crippen LogP contribution in [-0.2, 0) is 4.79 Å². The summed E-state index contributed by atoms with van der Waals surface area (Å²) in [5.74, 6) is 0.101. The summed E-state index contributed by atoms with van der Waals surface area (Å²) in [5.41, 5.74) is 1.10. The van der Waals surface area contributed by atoms with Gasteiger partial charge in [0.25, 0.3) is 0 Å². The van der Waals surface area contributed by atoms with E-state index in [1.807, 2.05) is 30.3 Å². The van der Waals surface area contributed by atoms with E-state index in [0.717, 1.165) is 57.2 Å². The van der Waals surface area contributed by atoms with Crippen LogP contribution in [-0.4, -0.2) is 47.2 Å². The lowest BCUT2D eigenvalue weighted by molar-refractivity contribution is -0.123. The van der Waals surface area contributed by atoms with Gasteiger partial charge in [-0.3, -0.25) is 9.69 Å². The van der Waals surface area contributed by atoms with Crippen molar-refractivity contribution >= 4 is 5.91 Å². The first-order chi connectivity index (χ1) is 12.2. The summed E-state index contributed by atoms with van der Waals surface area (Å²) >= 11 is 0. The lowest BCUT2D eigenvalue weighted by Crippen LogP contribution is -2.52. The minimum Gasteiger partial charge on any atom is -0.391 e. The largest absolute Gasteiger partial charge is 0.391 e. The highest BCUT2D eigenvalue weighted by Gasteiger charge is 2.32. The molecule has 0 bridgehead atoms. The first kappa shape index (κ1) is 18.4. The van der Waals surface area contributed by atoms with Gasteiger partial charge < -0.3 is 10.4 Å². The van der Waals surface area contributed by atoms with Crippen LogP contribution in [0.15, 0.2) is 30.3 Å². The zero-order chi connectivity index (χ0) is 17.6. The number of rotatable bonds is 5. The molecule has 3 unspecified atom stereocenters. The molecule has 1 amide bonds. The Morgan fingerprint density at radius 1 is 1.16 bits per heavy atom. The molecule has 1 aliphatic carbocycles. The Hall–Kier alpha value is -1.39. The average Bonchev–Trinajstić information content (AvgIpc) is 2.64. The van der Waals surface area contributed by atoms with Crippen molar-refractivity contribution in [2.75, 3.05) is 13.1 Å². The average molecular weight is 344 g/mol. The Kier molecular flexibility index (Phi) is 6.49. The Morgan fingerprint density at radius 2 is 1.84 bits per heavy atom. The van der Waals surface area contributed by atoms with E-state index in [9.17, 15) is 9.90 Å². The van der Waals surface area contributed by atoms with Crippen molar-refractivity contribution in [3.63, 3.8) is 0 Å². The summed E-state index contributed by atoms with van der Waals surface area (Å²) in [6, 6.07) is 10.7. The fourth-order valence-electron chi connectivity index (χ4n) is 4.45. The molecule has 1 saturated carbocycles. The minimum atomic E-state index is -0.164. The Labute approximate surface area is 151 Å². The van der Waals surface area contributed by atoms with Gasteiger partial charge in [-0.25, -0.2) is 0 Å². The fraction of sp³-hybridized carbons (Fsp3) is 0.667. The van der Waals surface area contributed by atoms with E-state index in [2.05, 4.69) is 17.1 Å². The standard InChI is InChI=1S/C21H32N2O2/c1-2-18(16-8-4-3-5-9-16)21(25)22-17-12-14-23(15-13-17)19-10-6-7-11-20(19)24/h3-5,8-9,17-20,24H,2,6-7,10-15H2,1H3,(H,22,25). The van der Waals surface area contributed by atoms with Crippen LogP contribution >= 0.6 is 0 Å². The van der Waals surface area contributed by atoms with Gasteiger partial charge in [0.15, 0.2) is 0 Å². The highest BCUT2D eigenvalue weighted by Crippen LogP contribution is 2.26. The number of carbonyl (C=O) groups is 1. The smallest absolute Gasteiger partial charge is 0.227 e. The lowest BCUT2D eigenvalue weighted by atomic mass is 9.89. The molecule has 2 fully saturated rings. The number of hydrogen-bond donors (Lipinski definition) is 2. The van der Waals surface area contributed by atoms with Crippen LogP contribution in [0.1, 0.15) is 63.4 Å². The minimum absolute atomic E-state index is 0.0561. The van der Waals surface area contributed by atoms with Crippen molar-refractivity contribution in [3.05, 3.63) is 35.9 Å². The van der Waals surface area contributed by atoms with E-state index in [0.29, 0.717) is 6.04 Å². The Balaban J connectivity index is 1.50. The lowest BCUT2D eigenvalue weighted by Gasteiger charge is -2.41. The van der Waals surface area contributed by atoms with E-state index in [4.69, 9.17) is 0 Å². The van der Waals surface area contributed by atoms with Crippen LogP contribution in [0.3, 0.4) is 0 Å². The van der Waals surface area contributed by atoms with Gasteiger partial charge in [-0.2, -0.15) is 0 Å². The topological polar surface area (TPSA) is 52.6 Å². The first-order valence-corrected chi connectivity index (χ1v) is 9.96. The number of likely N-dealkylation sites (tertiary alicyclic amines) is 1. The highest BCUT2D eigenvalue weighted by atomic mass is 16.3. The summed E-state index contributed by atoms with van der Waals surface area (Å²) in [5, 5.41) is 13.5. The molecule has 2 N–H and O–H groups in total. The molecule has 1 heterocycles. The molecule has 3 rings (SSSR count). The zero-order valence-corrected chi connectivity index (χ0v) is 15.4. The molecular weight excluding hydrogens is 312 g/mol. The Bertz CT molecular complexity index is 540. The fourth-order valence-corrected chi connectivity index (χ4v) is 4.45. The third-order valence-electron chi connectivity index (χ3n) is 5.97. The monoisotopic (exact) mass is 344 g/mol. The quantitative estimate of drug-likeness (QED) is 0.863. The van der Waals surface area contributed by atoms with E-state index in [-0.39, 0.29) is 24.0 Å². The first-order valence-electron chi connectivity index (χ1n) is 9.96. The SMILES string of the molecule is CCC(C(=O)NC1CCN(C2CCCCC2O)CC1)c1ccccc1. The predicted octanol–water partition coefficient (Wildman–Crippen LogP) is 3.06. The van der Waals surface area contributed by atoms with Gasteiger partial charge in [0.2, 0.25) is 5.91 Å². The summed E-state index contributed by atoms with van der Waals surface area (Å²) in [7, 11) is 0. The molecule has 1 aromatic carbocycles. The predicted molar refractivity (Wildman–Crippen MR) is 100 cm³/mol. The van der Waals surface area contributed by atoms with Gasteiger partial charge in [-0.1, -0.05) is 50.1 Å². The maximum Gasteiger partial charge on any atom is 0.227 e. The highest BCUT2D eigenvalue weighted by molar-refractivity contribution is 5.83. The molecule has 1 saturated heterocycles. The second kappa shape index (κ2) is 8.81. The van der Waals surface area contributed by atoms with Gasteiger partial charge in [-0.15, -0.1) is 0 Å². The van der Waals surface area contributed by atoms with Crippen molar-refractivity contribution in [1.29, 1.82) is 0 Å². The van der Waals surface area contributed by atoms with Crippen LogP contribution < -0.4 is 5.32 Å². The van der Waals surface area contributed by atoms with Gasteiger partial charge in [0.1, 0.15) is 0 Å². The van der Waals surface area contributed by atoms with Crippen LogP contribution in [0, 0.1) is 0 Å². The molecule has 2 aliphatic rings. The number of piperidine rings is 1. The van der Waals surface area contributed by atoms with E-state index < -0.39 is 0 Å². The second-order valence-corrected chi connectivity index (χ2v) is 7.61. The van der Waals surface area contributed by atoms with Crippen molar-refractivity contribution < 1.29 is 9.90 Å². The molecular formula is C21H32N2O2. The summed E-state index contributed by atoms with van der Waals surface area (Å²) < 4.78 is 0. The Morgan fingerprint density at radius 3 is 2.48 bits per heavy atom. The van der Waals surface area contributed by atoms with Crippen molar-refractivity contribution in [2.45, 2.75) is 76.0 Å². The molecule has 0 aromatic heterocycles. The zero-order valence-electron chi connectivity index (χ0n) is 15.4. The molecule has 0 spiro atoms. The maximum absolute atomic E-state index is 12.7. The molecule has 1 aliphatic heterocycles. The van der Waals surface area contributed by atoms with Gasteiger partial charge in [0.05, 0.1) is 12.0 Å². The summed E-state index contributed by atoms with van der Waals surface area (Å²) in [6.07, 6.45) is 7.07. The molecule has 0 radical (unpaired) electrons. The van der Waals surface area contributed by atoms with Gasteiger partial charge in [-0.05, 0) is 37.7 Å². The second-order valence-electron chi connectivity index (χ2n) is 7.61. The van der Waals surface area contributed by atoms with E-state index in [1.54, 1.807) is 0 Å². The number of benzene rings is 1. The van der Waals surface area contributed by atoms with Gasteiger partial charge in [0, 0.05) is 25.2 Å². The number of carbonyl (C=O) groups excluding carboxylic acids is 1. The van der Waals surface area contributed by atoms with Crippen LogP contribution in [0.2, 0.25) is 0 Å². The van der Waals surface area contributed by atoms with E-state index >= 15 is 0 Å². The summed E-state index contributed by atoms with van der Waals surface area (Å²) in [4.78, 5) is 15.2. The number of nitrogens with zero attached hydrogens (tertiary/aromatic N) is 1. The van der Waals surface area contributed by atoms with Crippen LogP contribution in [0.5, 0.6) is 0 Å². The molecule has 3 atom stereocenters.